The summed E-state index contributed by atoms with van der Waals surface area (Å²) in [6.45, 7) is 7.06. The fourth-order valence-electron chi connectivity index (χ4n) is 1.79. The smallest absolute Gasteiger partial charge is 0.0975 e. The fraction of sp³-hybridized carbons (Fsp3) is 0.571. The zero-order valence-electron chi connectivity index (χ0n) is 10.6. The van der Waals surface area contributed by atoms with Crippen molar-refractivity contribution in [2.45, 2.75) is 45.8 Å². The third kappa shape index (κ3) is 3.62. The monoisotopic (exact) mass is 221 g/mol. The Morgan fingerprint density at radius 2 is 2.00 bits per heavy atom. The average molecular weight is 221 g/mol. The molecule has 1 aromatic rings. The van der Waals surface area contributed by atoms with Crippen LogP contribution in [0.15, 0.2) is 24.3 Å². The lowest BCUT2D eigenvalue weighted by Crippen LogP contribution is -2.27. The van der Waals surface area contributed by atoms with Gasteiger partial charge in [-0.25, -0.2) is 0 Å². The number of rotatable bonds is 6. The molecule has 2 nitrogen and oxygen atoms in total. The Hall–Kier alpha value is -0.860. The first-order valence-corrected chi connectivity index (χ1v) is 6.09. The SMILES string of the molecule is CCCCOC(c1ccccc1C)C(C)N. The molecule has 0 aromatic heterocycles. The van der Waals surface area contributed by atoms with Gasteiger partial charge in [-0.3, -0.25) is 0 Å². The number of benzene rings is 1. The minimum Gasteiger partial charge on any atom is -0.372 e. The van der Waals surface area contributed by atoms with Crippen molar-refractivity contribution in [3.63, 3.8) is 0 Å². The molecule has 1 aromatic carbocycles. The van der Waals surface area contributed by atoms with E-state index >= 15 is 0 Å². The van der Waals surface area contributed by atoms with Crippen LogP contribution < -0.4 is 5.73 Å². The van der Waals surface area contributed by atoms with Crippen molar-refractivity contribution in [1.29, 1.82) is 0 Å². The van der Waals surface area contributed by atoms with Crippen molar-refractivity contribution in [2.75, 3.05) is 6.61 Å². The van der Waals surface area contributed by atoms with Crippen LogP contribution in [0.4, 0.5) is 0 Å². The van der Waals surface area contributed by atoms with E-state index in [1.807, 2.05) is 19.1 Å². The third-order valence-electron chi connectivity index (χ3n) is 2.77. The van der Waals surface area contributed by atoms with Gasteiger partial charge in [-0.15, -0.1) is 0 Å². The highest BCUT2D eigenvalue weighted by molar-refractivity contribution is 5.28. The molecule has 0 bridgehead atoms. The molecule has 90 valence electrons. The molecule has 2 N–H and O–H groups in total. The molecule has 16 heavy (non-hydrogen) atoms. The molecule has 2 unspecified atom stereocenters. The molecule has 0 radical (unpaired) electrons. The zero-order chi connectivity index (χ0) is 12.0. The summed E-state index contributed by atoms with van der Waals surface area (Å²) in [6, 6.07) is 8.32. The lowest BCUT2D eigenvalue weighted by atomic mass is 9.99. The Bertz CT molecular complexity index is 309. The van der Waals surface area contributed by atoms with Gasteiger partial charge in [0.1, 0.15) is 0 Å². The van der Waals surface area contributed by atoms with E-state index in [0.29, 0.717) is 0 Å². The highest BCUT2D eigenvalue weighted by atomic mass is 16.5. The summed E-state index contributed by atoms with van der Waals surface area (Å²) in [5.41, 5.74) is 8.46. The van der Waals surface area contributed by atoms with E-state index in [0.717, 1.165) is 19.4 Å². The van der Waals surface area contributed by atoms with Crippen LogP contribution in [-0.4, -0.2) is 12.6 Å². The zero-order valence-corrected chi connectivity index (χ0v) is 10.6. The molecular weight excluding hydrogens is 198 g/mol. The van der Waals surface area contributed by atoms with Crippen molar-refractivity contribution in [1.82, 2.24) is 0 Å². The molecule has 1 rings (SSSR count). The molecule has 0 saturated carbocycles. The molecule has 0 amide bonds. The van der Waals surface area contributed by atoms with Gasteiger partial charge in [0, 0.05) is 12.6 Å². The summed E-state index contributed by atoms with van der Waals surface area (Å²) in [4.78, 5) is 0. The van der Waals surface area contributed by atoms with E-state index in [2.05, 4.69) is 26.0 Å². The van der Waals surface area contributed by atoms with Crippen LogP contribution in [0.5, 0.6) is 0 Å². The van der Waals surface area contributed by atoms with Gasteiger partial charge in [0.15, 0.2) is 0 Å². The van der Waals surface area contributed by atoms with Crippen LogP contribution in [0.3, 0.4) is 0 Å². The van der Waals surface area contributed by atoms with Gasteiger partial charge in [0.2, 0.25) is 0 Å². The van der Waals surface area contributed by atoms with E-state index in [4.69, 9.17) is 10.5 Å². The summed E-state index contributed by atoms with van der Waals surface area (Å²) in [7, 11) is 0. The molecule has 0 aliphatic carbocycles. The second kappa shape index (κ2) is 6.66. The Morgan fingerprint density at radius 1 is 1.31 bits per heavy atom. The maximum absolute atomic E-state index is 5.99. The maximum atomic E-state index is 5.99. The van der Waals surface area contributed by atoms with E-state index in [1.165, 1.54) is 11.1 Å². The Labute approximate surface area is 98.8 Å². The molecule has 0 aliphatic rings. The standard InChI is InChI=1S/C14H23NO/c1-4-5-10-16-14(12(3)15)13-9-7-6-8-11(13)2/h6-9,12,14H,4-5,10,15H2,1-3H3. The lowest BCUT2D eigenvalue weighted by molar-refractivity contribution is 0.0362. The summed E-state index contributed by atoms with van der Waals surface area (Å²) in [6.07, 6.45) is 2.27. The molecule has 0 saturated heterocycles. The van der Waals surface area contributed by atoms with Crippen molar-refractivity contribution in [2.24, 2.45) is 5.73 Å². The molecule has 0 spiro atoms. The largest absolute Gasteiger partial charge is 0.372 e. The molecule has 2 heteroatoms. The second-order valence-electron chi connectivity index (χ2n) is 4.36. The predicted molar refractivity (Wildman–Crippen MR) is 68.4 cm³/mol. The van der Waals surface area contributed by atoms with Crippen molar-refractivity contribution in [3.05, 3.63) is 35.4 Å². The average Bonchev–Trinajstić information content (AvgIpc) is 2.25. The molecule has 0 fully saturated rings. The topological polar surface area (TPSA) is 35.2 Å². The molecule has 0 aliphatic heterocycles. The first kappa shape index (κ1) is 13.2. The van der Waals surface area contributed by atoms with Crippen LogP contribution in [-0.2, 0) is 4.74 Å². The van der Waals surface area contributed by atoms with Crippen molar-refractivity contribution < 1.29 is 4.74 Å². The van der Waals surface area contributed by atoms with Crippen LogP contribution >= 0.6 is 0 Å². The van der Waals surface area contributed by atoms with Gasteiger partial charge in [-0.1, -0.05) is 37.6 Å². The first-order valence-electron chi connectivity index (χ1n) is 6.09. The second-order valence-corrected chi connectivity index (χ2v) is 4.36. The van der Waals surface area contributed by atoms with Gasteiger partial charge in [0.25, 0.3) is 0 Å². The van der Waals surface area contributed by atoms with E-state index in [1.54, 1.807) is 0 Å². The number of hydrogen-bond acceptors (Lipinski definition) is 2. The number of nitrogens with two attached hydrogens (primary N) is 1. The van der Waals surface area contributed by atoms with Crippen LogP contribution in [0, 0.1) is 6.92 Å². The maximum Gasteiger partial charge on any atom is 0.0975 e. The summed E-state index contributed by atoms with van der Waals surface area (Å²) >= 11 is 0. The Balaban J connectivity index is 2.74. The normalized spacial score (nSPS) is 14.8. The summed E-state index contributed by atoms with van der Waals surface area (Å²) in [5.74, 6) is 0. The van der Waals surface area contributed by atoms with Crippen molar-refractivity contribution in [3.8, 4) is 0 Å². The Morgan fingerprint density at radius 3 is 2.56 bits per heavy atom. The van der Waals surface area contributed by atoms with Crippen LogP contribution in [0.25, 0.3) is 0 Å². The van der Waals surface area contributed by atoms with E-state index in [9.17, 15) is 0 Å². The van der Waals surface area contributed by atoms with Gasteiger partial charge in [-0.2, -0.15) is 0 Å². The number of ether oxygens (including phenoxy) is 1. The number of aryl methyl sites for hydroxylation is 1. The third-order valence-corrected chi connectivity index (χ3v) is 2.77. The van der Waals surface area contributed by atoms with Gasteiger partial charge < -0.3 is 10.5 Å². The Kier molecular flexibility index (Phi) is 5.50. The lowest BCUT2D eigenvalue weighted by Gasteiger charge is -2.23. The first-order chi connectivity index (χ1) is 7.66. The predicted octanol–water partition coefficient (Wildman–Crippen LogP) is 3.20. The van der Waals surface area contributed by atoms with E-state index < -0.39 is 0 Å². The minimum absolute atomic E-state index is 0.0211. The van der Waals surface area contributed by atoms with Crippen LogP contribution in [0.2, 0.25) is 0 Å². The quantitative estimate of drug-likeness (QED) is 0.749. The highest BCUT2D eigenvalue weighted by Crippen LogP contribution is 2.23. The summed E-state index contributed by atoms with van der Waals surface area (Å²) < 4.78 is 5.89. The van der Waals surface area contributed by atoms with Gasteiger partial charge in [0.05, 0.1) is 6.10 Å². The van der Waals surface area contributed by atoms with Crippen LogP contribution in [0.1, 0.15) is 43.9 Å². The number of unbranched alkanes of at least 4 members (excludes halogenated alkanes) is 1. The minimum atomic E-state index is 0.0211. The number of hydrogen-bond donors (Lipinski definition) is 1. The molecular formula is C14H23NO. The van der Waals surface area contributed by atoms with Gasteiger partial charge >= 0.3 is 0 Å². The van der Waals surface area contributed by atoms with Crippen molar-refractivity contribution >= 4 is 0 Å². The molecule has 0 heterocycles. The van der Waals surface area contributed by atoms with E-state index in [-0.39, 0.29) is 12.1 Å². The highest BCUT2D eigenvalue weighted by Gasteiger charge is 2.17. The summed E-state index contributed by atoms with van der Waals surface area (Å²) in [5, 5.41) is 0. The molecule has 2 atom stereocenters. The van der Waals surface area contributed by atoms with Gasteiger partial charge in [-0.05, 0) is 31.4 Å². The fourth-order valence-corrected chi connectivity index (χ4v) is 1.79.